The fourth-order valence-electron chi connectivity index (χ4n) is 1.97. The topological polar surface area (TPSA) is 70.6 Å². The lowest BCUT2D eigenvalue weighted by molar-refractivity contribution is -0.121. The molecule has 0 aromatic heterocycles. The van der Waals surface area contributed by atoms with Crippen LogP contribution >= 0.6 is 31.9 Å². The first-order valence-corrected chi connectivity index (χ1v) is 9.25. The molecular formula is C18H17Br2N3O2. The van der Waals surface area contributed by atoms with Crippen molar-refractivity contribution < 1.29 is 9.59 Å². The molecule has 7 heteroatoms. The molecule has 0 fully saturated rings. The van der Waals surface area contributed by atoms with Crippen molar-refractivity contribution in [1.82, 2.24) is 5.43 Å². The van der Waals surface area contributed by atoms with Crippen LogP contribution in [0.5, 0.6) is 0 Å². The third-order valence-corrected chi connectivity index (χ3v) is 4.45. The molecule has 0 aliphatic heterocycles. The molecule has 0 bridgehead atoms. The minimum atomic E-state index is -0.220. The van der Waals surface area contributed by atoms with Crippen molar-refractivity contribution in [2.75, 3.05) is 5.32 Å². The van der Waals surface area contributed by atoms with Crippen LogP contribution in [-0.2, 0) is 9.59 Å². The zero-order valence-corrected chi connectivity index (χ0v) is 16.5. The van der Waals surface area contributed by atoms with Gasteiger partial charge in [0.25, 0.3) is 0 Å². The summed E-state index contributed by atoms with van der Waals surface area (Å²) < 4.78 is 1.80. The van der Waals surface area contributed by atoms with Crippen molar-refractivity contribution in [1.29, 1.82) is 0 Å². The van der Waals surface area contributed by atoms with Gasteiger partial charge in [-0.25, -0.2) is 5.43 Å². The standard InChI is InChI=1S/C18H17Br2N3O2/c19-14-10-8-13(9-11-14)12-21-23-18(25)7-3-6-17(24)22-16-5-2-1-4-15(16)20/h1-2,4-5,8-12H,3,6-7H2,(H,22,24)(H,23,25)/b21-12+. The van der Waals surface area contributed by atoms with Gasteiger partial charge in [-0.15, -0.1) is 0 Å². The summed E-state index contributed by atoms with van der Waals surface area (Å²) >= 11 is 6.72. The molecule has 0 radical (unpaired) electrons. The van der Waals surface area contributed by atoms with Crippen LogP contribution in [0.25, 0.3) is 0 Å². The second-order valence-electron chi connectivity index (χ2n) is 5.23. The summed E-state index contributed by atoms with van der Waals surface area (Å²) in [4.78, 5) is 23.6. The predicted octanol–water partition coefficient (Wildman–Crippen LogP) is 4.47. The Morgan fingerprint density at radius 1 is 0.960 bits per heavy atom. The highest BCUT2D eigenvalue weighted by atomic mass is 79.9. The molecule has 2 amide bonds. The number of halogens is 2. The van der Waals surface area contributed by atoms with Gasteiger partial charge in [0.1, 0.15) is 0 Å². The minimum absolute atomic E-state index is 0.127. The highest BCUT2D eigenvalue weighted by Crippen LogP contribution is 2.21. The number of nitrogens with zero attached hydrogens (tertiary/aromatic N) is 1. The van der Waals surface area contributed by atoms with Crippen LogP contribution in [0.1, 0.15) is 24.8 Å². The van der Waals surface area contributed by atoms with Gasteiger partial charge in [-0.3, -0.25) is 9.59 Å². The van der Waals surface area contributed by atoms with Crippen LogP contribution in [0.15, 0.2) is 62.6 Å². The van der Waals surface area contributed by atoms with Crippen LogP contribution in [0.4, 0.5) is 5.69 Å². The molecule has 0 spiro atoms. The molecule has 25 heavy (non-hydrogen) atoms. The Hall–Kier alpha value is -1.99. The Labute approximate surface area is 163 Å². The molecule has 0 unspecified atom stereocenters. The lowest BCUT2D eigenvalue weighted by Crippen LogP contribution is -2.18. The normalized spacial score (nSPS) is 10.6. The molecule has 0 heterocycles. The van der Waals surface area contributed by atoms with Crippen molar-refractivity contribution >= 4 is 55.6 Å². The number of hydrazone groups is 1. The van der Waals surface area contributed by atoms with E-state index in [1.54, 1.807) is 6.21 Å². The maximum atomic E-state index is 11.9. The molecule has 0 saturated heterocycles. The van der Waals surface area contributed by atoms with Crippen molar-refractivity contribution in [3.05, 3.63) is 63.0 Å². The van der Waals surface area contributed by atoms with E-state index in [0.29, 0.717) is 6.42 Å². The number of para-hydroxylation sites is 1. The van der Waals surface area contributed by atoms with Gasteiger partial charge in [-0.05, 0) is 52.2 Å². The van der Waals surface area contributed by atoms with Crippen molar-refractivity contribution in [3.63, 3.8) is 0 Å². The van der Waals surface area contributed by atoms with E-state index in [-0.39, 0.29) is 24.7 Å². The molecule has 0 saturated carbocycles. The van der Waals surface area contributed by atoms with E-state index in [1.807, 2.05) is 48.5 Å². The number of rotatable bonds is 7. The van der Waals surface area contributed by atoms with E-state index in [2.05, 4.69) is 47.7 Å². The number of hydrogen-bond donors (Lipinski definition) is 2. The Morgan fingerprint density at radius 3 is 2.36 bits per heavy atom. The van der Waals surface area contributed by atoms with Crippen LogP contribution in [-0.4, -0.2) is 18.0 Å². The monoisotopic (exact) mass is 465 g/mol. The molecule has 130 valence electrons. The second-order valence-corrected chi connectivity index (χ2v) is 7.00. The van der Waals surface area contributed by atoms with Gasteiger partial charge in [0, 0.05) is 21.8 Å². The van der Waals surface area contributed by atoms with Gasteiger partial charge in [0.2, 0.25) is 11.8 Å². The second kappa shape index (κ2) is 10.1. The average molecular weight is 467 g/mol. The molecule has 5 nitrogen and oxygen atoms in total. The first kappa shape index (κ1) is 19.3. The number of anilines is 1. The number of hydrogen-bond acceptors (Lipinski definition) is 3. The van der Waals surface area contributed by atoms with Crippen LogP contribution in [0.3, 0.4) is 0 Å². The predicted molar refractivity (Wildman–Crippen MR) is 107 cm³/mol. The molecule has 2 N–H and O–H groups in total. The quantitative estimate of drug-likeness (QED) is 0.466. The summed E-state index contributed by atoms with van der Waals surface area (Å²) in [7, 11) is 0. The van der Waals surface area contributed by atoms with E-state index in [4.69, 9.17) is 0 Å². The first-order chi connectivity index (χ1) is 12.0. The Kier molecular flexibility index (Phi) is 7.81. The molecule has 2 aromatic carbocycles. The molecule has 0 aliphatic carbocycles. The van der Waals surface area contributed by atoms with Gasteiger partial charge in [0.15, 0.2) is 0 Å². The minimum Gasteiger partial charge on any atom is -0.325 e. The Morgan fingerprint density at radius 2 is 1.64 bits per heavy atom. The Bertz CT molecular complexity index is 761. The molecule has 2 aromatic rings. The average Bonchev–Trinajstić information content (AvgIpc) is 2.59. The zero-order valence-electron chi connectivity index (χ0n) is 13.3. The van der Waals surface area contributed by atoms with Gasteiger partial charge in [0.05, 0.1) is 11.9 Å². The van der Waals surface area contributed by atoms with E-state index in [1.165, 1.54) is 0 Å². The van der Waals surface area contributed by atoms with Gasteiger partial charge in [-0.2, -0.15) is 5.10 Å². The highest BCUT2D eigenvalue weighted by Gasteiger charge is 2.06. The number of nitrogens with one attached hydrogen (secondary N) is 2. The molecule has 0 atom stereocenters. The summed E-state index contributed by atoms with van der Waals surface area (Å²) in [5, 5.41) is 6.70. The highest BCUT2D eigenvalue weighted by molar-refractivity contribution is 9.10. The van der Waals surface area contributed by atoms with Crippen molar-refractivity contribution in [3.8, 4) is 0 Å². The lowest BCUT2D eigenvalue weighted by Gasteiger charge is -2.06. The summed E-state index contributed by atoms with van der Waals surface area (Å²) in [6, 6.07) is 14.9. The summed E-state index contributed by atoms with van der Waals surface area (Å²) in [5.41, 5.74) is 4.06. The van der Waals surface area contributed by atoms with Crippen LogP contribution < -0.4 is 10.7 Å². The Balaban J connectivity index is 1.67. The molecule has 2 rings (SSSR count). The van der Waals surface area contributed by atoms with E-state index in [0.717, 1.165) is 20.2 Å². The van der Waals surface area contributed by atoms with Crippen LogP contribution in [0.2, 0.25) is 0 Å². The smallest absolute Gasteiger partial charge is 0.240 e. The maximum Gasteiger partial charge on any atom is 0.240 e. The number of carbonyl (C=O) groups is 2. The third-order valence-electron chi connectivity index (χ3n) is 3.23. The number of benzene rings is 2. The van der Waals surface area contributed by atoms with Crippen molar-refractivity contribution in [2.24, 2.45) is 5.10 Å². The fraction of sp³-hybridized carbons (Fsp3) is 0.167. The van der Waals surface area contributed by atoms with Gasteiger partial charge in [-0.1, -0.05) is 40.2 Å². The zero-order chi connectivity index (χ0) is 18.1. The third kappa shape index (κ3) is 7.19. The molecular weight excluding hydrogens is 450 g/mol. The SMILES string of the molecule is O=C(CCCC(=O)Nc1ccccc1Br)N/N=C/c1ccc(Br)cc1. The van der Waals surface area contributed by atoms with Gasteiger partial charge >= 0.3 is 0 Å². The number of amides is 2. The summed E-state index contributed by atoms with van der Waals surface area (Å²) in [5.74, 6) is -0.347. The van der Waals surface area contributed by atoms with Crippen molar-refractivity contribution in [2.45, 2.75) is 19.3 Å². The fourth-order valence-corrected chi connectivity index (χ4v) is 2.62. The lowest BCUT2D eigenvalue weighted by atomic mass is 10.2. The van der Waals surface area contributed by atoms with E-state index in [9.17, 15) is 9.59 Å². The number of carbonyl (C=O) groups excluding carboxylic acids is 2. The largest absolute Gasteiger partial charge is 0.325 e. The maximum absolute atomic E-state index is 11.9. The molecule has 0 aliphatic rings. The van der Waals surface area contributed by atoms with E-state index < -0.39 is 0 Å². The summed E-state index contributed by atoms with van der Waals surface area (Å²) in [6.45, 7) is 0. The van der Waals surface area contributed by atoms with E-state index >= 15 is 0 Å². The van der Waals surface area contributed by atoms with Crippen LogP contribution in [0, 0.1) is 0 Å². The first-order valence-electron chi connectivity index (χ1n) is 7.66. The van der Waals surface area contributed by atoms with Gasteiger partial charge < -0.3 is 5.32 Å². The summed E-state index contributed by atoms with van der Waals surface area (Å²) in [6.07, 6.45) is 2.53.